The Morgan fingerprint density at radius 1 is 0.938 bits per heavy atom. The number of nitrogens with two attached hydrogens (primary N) is 1. The van der Waals surface area contributed by atoms with Gasteiger partial charge >= 0.3 is 0 Å². The number of aromatic nitrogens is 3. The molecule has 2 saturated heterocycles. The number of ether oxygens (including phenoxy) is 1. The number of fused-ring (bicyclic) bond motifs is 2. The second-order valence-electron chi connectivity index (χ2n) is 14.4. The lowest BCUT2D eigenvalue weighted by atomic mass is 9.81. The number of likely N-dealkylation sites (tertiary alicyclic amines) is 2. The molecule has 2 aliphatic heterocycles. The lowest BCUT2D eigenvalue weighted by molar-refractivity contribution is 0.00729. The number of piperidine rings is 1. The average molecular weight is 649 g/mol. The second-order valence-corrected chi connectivity index (χ2v) is 14.4. The molecule has 2 amide bonds. The van der Waals surface area contributed by atoms with Crippen LogP contribution in [-0.4, -0.2) is 81.2 Å². The van der Waals surface area contributed by atoms with Gasteiger partial charge in [-0.3, -0.25) is 9.59 Å². The number of halogens is 1. The zero-order valence-corrected chi connectivity index (χ0v) is 27.4. The molecule has 0 spiro atoms. The Morgan fingerprint density at radius 3 is 2.40 bits per heavy atom. The van der Waals surface area contributed by atoms with Crippen molar-refractivity contribution in [3.63, 3.8) is 0 Å². The molecule has 1 aliphatic carbocycles. The summed E-state index contributed by atoms with van der Waals surface area (Å²) in [6.45, 7) is 5.22. The van der Waals surface area contributed by atoms with Crippen molar-refractivity contribution in [1.29, 1.82) is 0 Å². The van der Waals surface area contributed by atoms with Crippen LogP contribution in [0.4, 0.5) is 4.39 Å². The van der Waals surface area contributed by atoms with Crippen LogP contribution < -0.4 is 10.5 Å². The first-order chi connectivity index (χ1) is 23.2. The summed E-state index contributed by atoms with van der Waals surface area (Å²) in [6.07, 6.45) is 1.52. The second kappa shape index (κ2) is 11.8. The van der Waals surface area contributed by atoms with Crippen molar-refractivity contribution in [2.75, 3.05) is 33.3 Å². The van der Waals surface area contributed by atoms with Gasteiger partial charge in [0.1, 0.15) is 17.4 Å². The van der Waals surface area contributed by atoms with Crippen molar-refractivity contribution >= 4 is 33.8 Å². The summed E-state index contributed by atoms with van der Waals surface area (Å²) in [5.41, 5.74) is 10.5. The van der Waals surface area contributed by atoms with Crippen LogP contribution in [0.25, 0.3) is 33.5 Å². The number of methoxy groups -OCH3 is 1. The standard InChI is InChI=1S/C38H41FN6O3/c1-38(21-43(22-38)36(46)25-8-4-3-5-9-25)23-45-34-30(14-27(16-33(34)48-2)37(47)42-19-28(39)17-29(40)20-42)41-35(45)32-15-26-10-6-7-11-31(26)44(32)18-24-12-13-24/h3-11,14-16,24,28-29H,12-13,17-23,40H2,1-2H3/t28-,29?/m1/s1. The fourth-order valence-corrected chi connectivity index (χ4v) is 7.70. The van der Waals surface area contributed by atoms with Gasteiger partial charge in [-0.2, -0.15) is 0 Å². The molecule has 1 unspecified atom stereocenters. The summed E-state index contributed by atoms with van der Waals surface area (Å²) < 4.78 is 25.0. The summed E-state index contributed by atoms with van der Waals surface area (Å²) in [6, 6.07) is 23.2. The molecule has 1 saturated carbocycles. The maximum atomic E-state index is 14.5. The van der Waals surface area contributed by atoms with Gasteiger partial charge in [-0.1, -0.05) is 43.3 Å². The lowest BCUT2D eigenvalue weighted by Crippen LogP contribution is -2.58. The molecule has 48 heavy (non-hydrogen) atoms. The highest BCUT2D eigenvalue weighted by Gasteiger charge is 2.43. The zero-order chi connectivity index (χ0) is 33.2. The fourth-order valence-electron chi connectivity index (χ4n) is 7.70. The van der Waals surface area contributed by atoms with E-state index in [9.17, 15) is 14.0 Å². The predicted octanol–water partition coefficient (Wildman–Crippen LogP) is 5.75. The van der Waals surface area contributed by atoms with Crippen LogP contribution in [0.15, 0.2) is 72.8 Å². The van der Waals surface area contributed by atoms with E-state index >= 15 is 0 Å². The Morgan fingerprint density at radius 2 is 1.67 bits per heavy atom. The minimum Gasteiger partial charge on any atom is -0.494 e. The largest absolute Gasteiger partial charge is 0.494 e. The Labute approximate surface area is 279 Å². The van der Waals surface area contributed by atoms with E-state index in [1.165, 1.54) is 17.7 Å². The molecular weight excluding hydrogens is 607 g/mol. The highest BCUT2D eigenvalue weighted by Crippen LogP contribution is 2.41. The Kier molecular flexibility index (Phi) is 7.51. The SMILES string of the molecule is COc1cc(C(=O)N2CC(N)C[C@@H](F)C2)cc2nc(-c3cc4ccccc4n3CC3CC3)n(CC3(C)CN(C(=O)c4ccccc4)C3)c12. The molecule has 5 aromatic rings. The van der Waals surface area contributed by atoms with Crippen LogP contribution in [0.2, 0.25) is 0 Å². The summed E-state index contributed by atoms with van der Waals surface area (Å²) in [5.74, 6) is 1.70. The first kappa shape index (κ1) is 30.6. The van der Waals surface area contributed by atoms with E-state index in [-0.39, 0.29) is 30.2 Å². The van der Waals surface area contributed by atoms with Crippen LogP contribution >= 0.6 is 0 Å². The van der Waals surface area contributed by atoms with Crippen LogP contribution in [0.5, 0.6) is 5.75 Å². The lowest BCUT2D eigenvalue weighted by Gasteiger charge is -2.48. The molecule has 3 aromatic carbocycles. The quantitative estimate of drug-likeness (QED) is 0.231. The van der Waals surface area contributed by atoms with Crippen LogP contribution in [-0.2, 0) is 13.1 Å². The molecule has 248 valence electrons. The number of rotatable bonds is 8. The molecule has 0 radical (unpaired) electrons. The van der Waals surface area contributed by atoms with Crippen LogP contribution in [0.1, 0.15) is 46.9 Å². The van der Waals surface area contributed by atoms with Gasteiger partial charge in [-0.25, -0.2) is 9.37 Å². The van der Waals surface area contributed by atoms with Crippen molar-refractivity contribution in [3.05, 3.63) is 83.9 Å². The van der Waals surface area contributed by atoms with Crippen LogP contribution in [0, 0.1) is 11.3 Å². The normalized spacial score (nSPS) is 20.7. The third kappa shape index (κ3) is 5.51. The number of benzene rings is 3. The van der Waals surface area contributed by atoms with Gasteiger partial charge in [-0.15, -0.1) is 0 Å². The summed E-state index contributed by atoms with van der Waals surface area (Å²) >= 11 is 0. The monoisotopic (exact) mass is 648 g/mol. The van der Waals surface area contributed by atoms with E-state index in [1.807, 2.05) is 35.2 Å². The molecular formula is C38H41FN6O3. The molecule has 8 rings (SSSR count). The third-order valence-corrected chi connectivity index (χ3v) is 10.2. The van der Waals surface area contributed by atoms with Gasteiger partial charge < -0.3 is 29.4 Å². The van der Waals surface area contributed by atoms with Crippen molar-refractivity contribution in [2.24, 2.45) is 17.1 Å². The first-order valence-corrected chi connectivity index (χ1v) is 16.9. The summed E-state index contributed by atoms with van der Waals surface area (Å²) in [5, 5.41) is 1.14. The van der Waals surface area contributed by atoms with E-state index in [2.05, 4.69) is 46.4 Å². The molecule has 2 N–H and O–H groups in total. The summed E-state index contributed by atoms with van der Waals surface area (Å²) in [4.78, 5) is 35.6. The number of alkyl halides is 1. The van der Waals surface area contributed by atoms with Gasteiger partial charge in [0.15, 0.2) is 5.82 Å². The number of hydrogen-bond acceptors (Lipinski definition) is 5. The molecule has 3 aliphatic rings. The maximum absolute atomic E-state index is 14.5. The molecule has 4 heterocycles. The van der Waals surface area contributed by atoms with Gasteiger partial charge in [-0.05, 0) is 61.6 Å². The molecule has 3 fully saturated rings. The highest BCUT2D eigenvalue weighted by atomic mass is 19.1. The minimum absolute atomic E-state index is 0.0183. The number of para-hydroxylation sites is 1. The van der Waals surface area contributed by atoms with E-state index < -0.39 is 12.2 Å². The van der Waals surface area contributed by atoms with Crippen molar-refractivity contribution in [2.45, 2.75) is 51.5 Å². The average Bonchev–Trinajstić information content (AvgIpc) is 3.73. The Hall–Kier alpha value is -4.70. The smallest absolute Gasteiger partial charge is 0.254 e. The van der Waals surface area contributed by atoms with Gasteiger partial charge in [0.25, 0.3) is 11.8 Å². The van der Waals surface area contributed by atoms with Crippen molar-refractivity contribution in [3.8, 4) is 17.3 Å². The number of carbonyl (C=O) groups excluding carboxylic acids is 2. The van der Waals surface area contributed by atoms with Gasteiger partial charge in [0, 0.05) is 66.2 Å². The molecule has 9 nitrogen and oxygen atoms in total. The fraction of sp³-hybridized carbons (Fsp3) is 0.395. The zero-order valence-electron chi connectivity index (χ0n) is 27.4. The number of nitrogens with zero attached hydrogens (tertiary/aromatic N) is 5. The van der Waals surface area contributed by atoms with E-state index in [0.29, 0.717) is 54.5 Å². The van der Waals surface area contributed by atoms with Crippen molar-refractivity contribution in [1.82, 2.24) is 23.9 Å². The first-order valence-electron chi connectivity index (χ1n) is 16.9. The molecule has 2 atom stereocenters. The number of hydrogen-bond donors (Lipinski definition) is 1. The predicted molar refractivity (Wildman–Crippen MR) is 184 cm³/mol. The minimum atomic E-state index is -1.15. The maximum Gasteiger partial charge on any atom is 0.254 e. The van der Waals surface area contributed by atoms with E-state index in [1.54, 1.807) is 19.2 Å². The van der Waals surface area contributed by atoms with Crippen LogP contribution in [0.3, 0.4) is 0 Å². The topological polar surface area (TPSA) is 98.6 Å². The van der Waals surface area contributed by atoms with E-state index in [4.69, 9.17) is 15.5 Å². The van der Waals surface area contributed by atoms with Gasteiger partial charge in [0.05, 0.1) is 24.9 Å². The number of amides is 2. The molecule has 2 aromatic heterocycles. The third-order valence-electron chi connectivity index (χ3n) is 10.2. The highest BCUT2D eigenvalue weighted by molar-refractivity contribution is 6.00. The number of imidazole rings is 1. The van der Waals surface area contributed by atoms with E-state index in [0.717, 1.165) is 34.5 Å². The molecule has 0 bridgehead atoms. The Bertz CT molecular complexity index is 2020. The number of carbonyl (C=O) groups is 2. The van der Waals surface area contributed by atoms with Gasteiger partial charge in [0.2, 0.25) is 0 Å². The summed E-state index contributed by atoms with van der Waals surface area (Å²) in [7, 11) is 1.60. The van der Waals surface area contributed by atoms with Crippen molar-refractivity contribution < 1.29 is 18.7 Å². The molecule has 10 heteroatoms. The Balaban J connectivity index is 1.23.